The Morgan fingerprint density at radius 3 is 2.42 bits per heavy atom. The van der Waals surface area contributed by atoms with Crippen molar-refractivity contribution in [3.63, 3.8) is 0 Å². The number of nitrogens with zero attached hydrogens (tertiary/aromatic N) is 1. The molecule has 0 aromatic heterocycles. The number of benzene rings is 1. The van der Waals surface area contributed by atoms with Gasteiger partial charge in [0.2, 0.25) is 0 Å². The van der Waals surface area contributed by atoms with Gasteiger partial charge in [0.1, 0.15) is 5.17 Å². The lowest BCUT2D eigenvalue weighted by Gasteiger charge is -1.95. The quantitative estimate of drug-likeness (QED) is 0.553. The minimum Gasteiger partial charge on any atom is -0.374 e. The molecule has 2 nitrogen and oxygen atoms in total. The second-order valence-corrected chi connectivity index (χ2v) is 2.88. The molecule has 0 amide bonds. The molecule has 2 N–H and O–H groups in total. The lowest BCUT2D eigenvalue weighted by Crippen LogP contribution is -2.06. The van der Waals surface area contributed by atoms with Crippen molar-refractivity contribution >= 4 is 34.1 Å². The first kappa shape index (κ1) is 9.16. The highest BCUT2D eigenvalue weighted by molar-refractivity contribution is 7.80. The second-order valence-electron chi connectivity index (χ2n) is 2.11. The number of thiocarbonyl (C=S) groups is 1. The van der Waals surface area contributed by atoms with E-state index in [2.05, 4.69) is 17.2 Å². The van der Waals surface area contributed by atoms with E-state index >= 15 is 0 Å². The summed E-state index contributed by atoms with van der Waals surface area (Å²) < 4.78 is 0. The molecular formula is C8H7ClN2S. The van der Waals surface area contributed by atoms with E-state index in [1.807, 2.05) is 30.3 Å². The van der Waals surface area contributed by atoms with Gasteiger partial charge in [-0.3, -0.25) is 0 Å². The van der Waals surface area contributed by atoms with Gasteiger partial charge in [0.25, 0.3) is 0 Å². The van der Waals surface area contributed by atoms with Crippen molar-refractivity contribution in [1.82, 2.24) is 0 Å². The third-order valence-electron chi connectivity index (χ3n) is 1.22. The molecule has 0 heterocycles. The molecule has 0 saturated carbocycles. The van der Waals surface area contributed by atoms with Crippen LogP contribution in [0, 0.1) is 0 Å². The summed E-state index contributed by atoms with van der Waals surface area (Å²) in [5.74, 6) is 0. The molecule has 0 atom stereocenters. The maximum Gasteiger partial charge on any atom is 0.191 e. The first-order chi connectivity index (χ1) is 5.70. The van der Waals surface area contributed by atoms with E-state index < -0.39 is 0 Å². The molecule has 62 valence electrons. The molecule has 4 heteroatoms. The Hall–Kier alpha value is -0.930. The molecule has 1 aromatic carbocycles. The Labute approximate surface area is 81.1 Å². The van der Waals surface area contributed by atoms with Gasteiger partial charge in [-0.25, -0.2) is 4.99 Å². The van der Waals surface area contributed by atoms with Gasteiger partial charge < -0.3 is 5.73 Å². The lowest BCUT2D eigenvalue weighted by molar-refractivity contribution is 1.59. The Morgan fingerprint density at radius 1 is 1.33 bits per heavy atom. The molecule has 1 rings (SSSR count). The number of aliphatic imine (C=N–C) groups is 1. The van der Waals surface area contributed by atoms with Crippen molar-refractivity contribution in [2.75, 3.05) is 0 Å². The monoisotopic (exact) mass is 198 g/mol. The van der Waals surface area contributed by atoms with Crippen LogP contribution >= 0.6 is 23.8 Å². The number of hydrogen-bond acceptors (Lipinski definition) is 1. The minimum atomic E-state index is 0.0452. The van der Waals surface area contributed by atoms with E-state index in [4.69, 9.17) is 17.3 Å². The predicted molar refractivity (Wildman–Crippen MR) is 55.6 cm³/mol. The van der Waals surface area contributed by atoms with Gasteiger partial charge in [-0.05, 0) is 12.2 Å². The van der Waals surface area contributed by atoms with E-state index in [1.54, 1.807) is 0 Å². The molecule has 1 aromatic rings. The smallest absolute Gasteiger partial charge is 0.191 e. The van der Waals surface area contributed by atoms with Gasteiger partial charge in [0, 0.05) is 5.56 Å². The molecule has 0 aliphatic carbocycles. The van der Waals surface area contributed by atoms with Crippen LogP contribution in [0.15, 0.2) is 35.3 Å². The third-order valence-corrected chi connectivity index (χ3v) is 1.61. The molecule has 0 aliphatic rings. The number of rotatable bonds is 1. The average Bonchev–Trinajstić information content (AvgIpc) is 2.05. The van der Waals surface area contributed by atoms with E-state index in [1.165, 1.54) is 0 Å². The van der Waals surface area contributed by atoms with Gasteiger partial charge >= 0.3 is 0 Å². The summed E-state index contributed by atoms with van der Waals surface area (Å²) in [7, 11) is 0. The van der Waals surface area contributed by atoms with Gasteiger partial charge in [-0.1, -0.05) is 41.9 Å². The van der Waals surface area contributed by atoms with Gasteiger partial charge in [0.05, 0.1) is 0 Å². The zero-order chi connectivity index (χ0) is 8.97. The zero-order valence-corrected chi connectivity index (χ0v) is 7.77. The fourth-order valence-corrected chi connectivity index (χ4v) is 1.10. The maximum absolute atomic E-state index is 5.78. The summed E-state index contributed by atoms with van der Waals surface area (Å²) in [5.41, 5.74) is 6.00. The van der Waals surface area contributed by atoms with Crippen molar-refractivity contribution in [1.29, 1.82) is 0 Å². The molecule has 0 unspecified atom stereocenters. The van der Waals surface area contributed by atoms with E-state index in [-0.39, 0.29) is 5.11 Å². The minimum absolute atomic E-state index is 0.0452. The topological polar surface area (TPSA) is 38.4 Å². The van der Waals surface area contributed by atoms with Gasteiger partial charge in [-0.15, -0.1) is 0 Å². The fraction of sp³-hybridized carbons (Fsp3) is 0. The van der Waals surface area contributed by atoms with Crippen molar-refractivity contribution < 1.29 is 0 Å². The van der Waals surface area contributed by atoms with E-state index in [0.29, 0.717) is 5.17 Å². The fourth-order valence-electron chi connectivity index (χ4n) is 0.737. The number of halogens is 1. The largest absolute Gasteiger partial charge is 0.374 e. The summed E-state index contributed by atoms with van der Waals surface area (Å²) in [5, 5.41) is 0.368. The average molecular weight is 199 g/mol. The Bertz CT molecular complexity index is 308. The molecule has 0 fully saturated rings. The first-order valence-corrected chi connectivity index (χ1v) is 4.08. The van der Waals surface area contributed by atoms with Crippen LogP contribution in [0.2, 0.25) is 0 Å². The predicted octanol–water partition coefficient (Wildman–Crippen LogP) is 1.92. The van der Waals surface area contributed by atoms with Crippen LogP contribution in [-0.2, 0) is 0 Å². The van der Waals surface area contributed by atoms with Crippen LogP contribution in [0.5, 0.6) is 0 Å². The molecular weight excluding hydrogens is 192 g/mol. The highest BCUT2D eigenvalue weighted by Gasteiger charge is 1.97. The Balaban J connectivity index is 2.93. The van der Waals surface area contributed by atoms with Crippen molar-refractivity contribution in [3.05, 3.63) is 35.9 Å². The molecule has 0 saturated heterocycles. The SMILES string of the molecule is NC(=S)N=C(Cl)c1ccccc1. The van der Waals surface area contributed by atoms with Crippen molar-refractivity contribution in [2.24, 2.45) is 10.7 Å². The van der Waals surface area contributed by atoms with E-state index in [9.17, 15) is 0 Å². The summed E-state index contributed by atoms with van der Waals surface area (Å²) in [4.78, 5) is 3.74. The highest BCUT2D eigenvalue weighted by Crippen LogP contribution is 2.04. The number of nitrogens with two attached hydrogens (primary N) is 1. The number of hydrogen-bond donors (Lipinski definition) is 1. The van der Waals surface area contributed by atoms with Crippen LogP contribution in [0.4, 0.5) is 0 Å². The molecule has 0 radical (unpaired) electrons. The molecule has 0 bridgehead atoms. The standard InChI is InChI=1S/C8H7ClN2S/c9-7(11-8(10)12)6-4-2-1-3-5-6/h1-5H,(H2,10,12). The highest BCUT2D eigenvalue weighted by atomic mass is 35.5. The molecule has 0 spiro atoms. The third kappa shape index (κ3) is 2.60. The van der Waals surface area contributed by atoms with Gasteiger partial charge in [0.15, 0.2) is 5.11 Å². The van der Waals surface area contributed by atoms with Crippen molar-refractivity contribution in [3.8, 4) is 0 Å². The first-order valence-electron chi connectivity index (χ1n) is 3.29. The Morgan fingerprint density at radius 2 is 1.92 bits per heavy atom. The van der Waals surface area contributed by atoms with Crippen LogP contribution in [0.1, 0.15) is 5.56 Å². The van der Waals surface area contributed by atoms with Crippen LogP contribution < -0.4 is 5.73 Å². The summed E-state index contributed by atoms with van der Waals surface area (Å²) >= 11 is 10.4. The maximum atomic E-state index is 5.78. The normalized spacial score (nSPS) is 11.2. The molecule has 12 heavy (non-hydrogen) atoms. The van der Waals surface area contributed by atoms with Gasteiger partial charge in [-0.2, -0.15) is 0 Å². The Kier molecular flexibility index (Phi) is 3.19. The van der Waals surface area contributed by atoms with Crippen LogP contribution in [-0.4, -0.2) is 10.3 Å². The second kappa shape index (κ2) is 4.18. The van der Waals surface area contributed by atoms with Crippen molar-refractivity contribution in [2.45, 2.75) is 0 Å². The molecule has 0 aliphatic heterocycles. The summed E-state index contributed by atoms with van der Waals surface area (Å²) in [6.07, 6.45) is 0. The van der Waals surface area contributed by atoms with E-state index in [0.717, 1.165) is 5.56 Å². The summed E-state index contributed by atoms with van der Waals surface area (Å²) in [6.45, 7) is 0. The summed E-state index contributed by atoms with van der Waals surface area (Å²) in [6, 6.07) is 9.31. The zero-order valence-electron chi connectivity index (χ0n) is 6.20. The lowest BCUT2D eigenvalue weighted by atomic mass is 10.2. The van der Waals surface area contributed by atoms with Crippen LogP contribution in [0.25, 0.3) is 0 Å². The van der Waals surface area contributed by atoms with Crippen LogP contribution in [0.3, 0.4) is 0 Å².